The molecular formula is C27H18BrCl2F3N2O2. The van der Waals surface area contributed by atoms with E-state index in [1.165, 1.54) is 12.1 Å². The van der Waals surface area contributed by atoms with Crippen LogP contribution in [0.15, 0.2) is 71.3 Å². The Bertz CT molecular complexity index is 1480. The molecule has 0 aliphatic carbocycles. The quantitative estimate of drug-likeness (QED) is 0.206. The summed E-state index contributed by atoms with van der Waals surface area (Å²) in [4.78, 5) is 16.5. The summed E-state index contributed by atoms with van der Waals surface area (Å²) >= 11 is 15.8. The molecule has 0 spiro atoms. The van der Waals surface area contributed by atoms with Crippen LogP contribution in [0.3, 0.4) is 0 Å². The molecule has 0 N–H and O–H groups in total. The molecule has 0 atom stereocenters. The average Bonchev–Trinajstić information content (AvgIpc) is 3.24. The molecule has 0 aliphatic heterocycles. The summed E-state index contributed by atoms with van der Waals surface area (Å²) in [6.07, 6.45) is 0.469. The fraction of sp³-hybridized carbons (Fsp3) is 0.111. The summed E-state index contributed by atoms with van der Waals surface area (Å²) in [5, 5.41) is 0.808. The minimum absolute atomic E-state index is 0.0374. The predicted molar refractivity (Wildman–Crippen MR) is 143 cm³/mol. The summed E-state index contributed by atoms with van der Waals surface area (Å²) in [5.74, 6) is -0.438. The standard InChI is InChI=1S/C27H18BrCl2F3N2O2/c1-37-26(36)17-5-6-18(22(12-17)27(31,32)33)14-35-15-24(21-10-9-20(29)13-23(21)30)34-25(35)11-4-16-2-7-19(28)8-3-16/h2-13,15H,14H2,1H3. The van der Waals surface area contributed by atoms with Crippen LogP contribution in [0, 0.1) is 0 Å². The van der Waals surface area contributed by atoms with Gasteiger partial charge in [0.05, 0.1) is 29.0 Å². The van der Waals surface area contributed by atoms with Crippen molar-refractivity contribution in [2.75, 3.05) is 7.11 Å². The van der Waals surface area contributed by atoms with E-state index in [9.17, 15) is 18.0 Å². The second-order valence-corrected chi connectivity index (χ2v) is 9.74. The molecule has 4 aromatic rings. The Kier molecular flexibility index (Phi) is 8.11. The summed E-state index contributed by atoms with van der Waals surface area (Å²) in [6.45, 7) is -0.158. The molecule has 1 aromatic heterocycles. The Morgan fingerprint density at radius 1 is 1.05 bits per heavy atom. The maximum atomic E-state index is 13.9. The maximum absolute atomic E-state index is 13.9. The van der Waals surface area contributed by atoms with Crippen molar-refractivity contribution in [3.8, 4) is 11.3 Å². The van der Waals surface area contributed by atoms with Gasteiger partial charge < -0.3 is 9.30 Å². The lowest BCUT2D eigenvalue weighted by Crippen LogP contribution is -2.14. The Labute approximate surface area is 229 Å². The Balaban J connectivity index is 1.80. The van der Waals surface area contributed by atoms with Crippen LogP contribution in [-0.4, -0.2) is 22.6 Å². The Morgan fingerprint density at radius 2 is 1.78 bits per heavy atom. The van der Waals surface area contributed by atoms with Gasteiger partial charge in [0.1, 0.15) is 5.82 Å². The molecule has 0 radical (unpaired) electrons. The number of nitrogens with zero attached hydrogens (tertiary/aromatic N) is 2. The van der Waals surface area contributed by atoms with E-state index in [2.05, 4.69) is 25.7 Å². The second-order valence-electron chi connectivity index (χ2n) is 7.98. The van der Waals surface area contributed by atoms with Crippen molar-refractivity contribution in [2.24, 2.45) is 0 Å². The first-order valence-corrected chi connectivity index (χ1v) is 12.3. The minimum Gasteiger partial charge on any atom is -0.465 e. The van der Waals surface area contributed by atoms with Crippen LogP contribution < -0.4 is 0 Å². The zero-order valence-electron chi connectivity index (χ0n) is 19.2. The van der Waals surface area contributed by atoms with E-state index in [1.807, 2.05) is 30.3 Å². The van der Waals surface area contributed by atoms with Crippen molar-refractivity contribution in [2.45, 2.75) is 12.7 Å². The molecule has 0 amide bonds. The van der Waals surface area contributed by atoms with Gasteiger partial charge in [0.2, 0.25) is 0 Å². The molecule has 4 nitrogen and oxygen atoms in total. The summed E-state index contributed by atoms with van der Waals surface area (Å²) in [5.41, 5.74) is 0.773. The highest BCUT2D eigenvalue weighted by molar-refractivity contribution is 9.10. The first-order chi connectivity index (χ1) is 17.5. The largest absolute Gasteiger partial charge is 0.465 e. The number of methoxy groups -OCH3 is 1. The lowest BCUT2D eigenvalue weighted by molar-refractivity contribution is -0.138. The van der Waals surface area contributed by atoms with Crippen LogP contribution in [-0.2, 0) is 17.5 Å². The van der Waals surface area contributed by atoms with Crippen molar-refractivity contribution in [3.05, 3.63) is 109 Å². The number of hydrogen-bond acceptors (Lipinski definition) is 3. The third kappa shape index (κ3) is 6.44. The van der Waals surface area contributed by atoms with Gasteiger partial charge >= 0.3 is 12.1 Å². The van der Waals surface area contributed by atoms with Crippen LogP contribution >= 0.6 is 39.1 Å². The molecule has 37 heavy (non-hydrogen) atoms. The van der Waals surface area contributed by atoms with Gasteiger partial charge in [-0.15, -0.1) is 0 Å². The van der Waals surface area contributed by atoms with Crippen molar-refractivity contribution in [1.82, 2.24) is 9.55 Å². The number of carbonyl (C=O) groups is 1. The smallest absolute Gasteiger partial charge is 0.416 e. The lowest BCUT2D eigenvalue weighted by atomic mass is 10.0. The molecule has 10 heteroatoms. The number of alkyl halides is 3. The molecule has 190 valence electrons. The van der Waals surface area contributed by atoms with Crippen molar-refractivity contribution < 1.29 is 22.7 Å². The first kappa shape index (κ1) is 27.0. The number of halogens is 6. The third-order valence-electron chi connectivity index (χ3n) is 5.49. The minimum atomic E-state index is -4.68. The molecule has 3 aromatic carbocycles. The molecule has 0 saturated carbocycles. The zero-order chi connectivity index (χ0) is 26.7. The Hall–Kier alpha value is -3.07. The van der Waals surface area contributed by atoms with E-state index in [0.29, 0.717) is 27.1 Å². The number of aromatic nitrogens is 2. The molecule has 4 rings (SSSR count). The number of benzene rings is 3. The SMILES string of the molecule is COC(=O)c1ccc(Cn2cc(-c3ccc(Cl)cc3Cl)nc2C=Cc2ccc(Br)cc2)c(C(F)(F)F)c1. The second kappa shape index (κ2) is 11.1. The van der Waals surface area contributed by atoms with Crippen LogP contribution in [0.2, 0.25) is 10.0 Å². The first-order valence-electron chi connectivity index (χ1n) is 10.8. The molecule has 0 aliphatic rings. The van der Waals surface area contributed by atoms with Gasteiger partial charge in [-0.05, 0) is 59.7 Å². The summed E-state index contributed by atoms with van der Waals surface area (Å²) in [6, 6.07) is 15.8. The van der Waals surface area contributed by atoms with Gasteiger partial charge in [0.15, 0.2) is 0 Å². The van der Waals surface area contributed by atoms with Gasteiger partial charge in [0, 0.05) is 27.8 Å². The molecule has 0 saturated heterocycles. The van der Waals surface area contributed by atoms with Crippen molar-refractivity contribution in [1.29, 1.82) is 0 Å². The van der Waals surface area contributed by atoms with Gasteiger partial charge in [0.25, 0.3) is 0 Å². The summed E-state index contributed by atoms with van der Waals surface area (Å²) < 4.78 is 48.9. The van der Waals surface area contributed by atoms with Crippen LogP contribution in [0.25, 0.3) is 23.4 Å². The maximum Gasteiger partial charge on any atom is 0.416 e. The number of esters is 1. The zero-order valence-corrected chi connectivity index (χ0v) is 22.3. The van der Waals surface area contributed by atoms with E-state index >= 15 is 0 Å². The highest BCUT2D eigenvalue weighted by Crippen LogP contribution is 2.35. The van der Waals surface area contributed by atoms with E-state index in [1.54, 1.807) is 35.0 Å². The van der Waals surface area contributed by atoms with Crippen LogP contribution in [0.1, 0.15) is 32.9 Å². The topological polar surface area (TPSA) is 44.1 Å². The van der Waals surface area contributed by atoms with Gasteiger partial charge in [-0.25, -0.2) is 9.78 Å². The van der Waals surface area contributed by atoms with Gasteiger partial charge in [-0.2, -0.15) is 13.2 Å². The molecule has 0 bridgehead atoms. The fourth-order valence-corrected chi connectivity index (χ4v) is 4.44. The average molecular weight is 610 g/mol. The van der Waals surface area contributed by atoms with Gasteiger partial charge in [-0.3, -0.25) is 0 Å². The van der Waals surface area contributed by atoms with E-state index in [-0.39, 0.29) is 17.7 Å². The van der Waals surface area contributed by atoms with Crippen molar-refractivity contribution in [3.63, 3.8) is 0 Å². The summed E-state index contributed by atoms with van der Waals surface area (Å²) in [7, 11) is 1.11. The van der Waals surface area contributed by atoms with Gasteiger partial charge in [-0.1, -0.05) is 63.4 Å². The highest BCUT2D eigenvalue weighted by Gasteiger charge is 2.34. The predicted octanol–water partition coefficient (Wildman–Crippen LogP) is 8.64. The van der Waals surface area contributed by atoms with E-state index in [0.717, 1.165) is 23.2 Å². The normalized spacial score (nSPS) is 11.8. The van der Waals surface area contributed by atoms with Crippen molar-refractivity contribution >= 4 is 57.3 Å². The third-order valence-corrected chi connectivity index (χ3v) is 6.56. The number of rotatable bonds is 6. The lowest BCUT2D eigenvalue weighted by Gasteiger charge is -2.15. The number of ether oxygens (including phenoxy) is 1. The molecule has 0 unspecified atom stereocenters. The van der Waals surface area contributed by atoms with E-state index in [4.69, 9.17) is 23.2 Å². The monoisotopic (exact) mass is 608 g/mol. The molecule has 1 heterocycles. The van der Waals surface area contributed by atoms with Crippen LogP contribution in [0.4, 0.5) is 13.2 Å². The van der Waals surface area contributed by atoms with Crippen LogP contribution in [0.5, 0.6) is 0 Å². The molecular weight excluding hydrogens is 592 g/mol. The molecule has 0 fully saturated rings. The number of imidazole rings is 1. The highest BCUT2D eigenvalue weighted by atomic mass is 79.9. The number of carbonyl (C=O) groups excluding carboxylic acids is 1. The number of hydrogen-bond donors (Lipinski definition) is 0. The Morgan fingerprint density at radius 3 is 2.43 bits per heavy atom. The van der Waals surface area contributed by atoms with E-state index < -0.39 is 17.7 Å². The fourth-order valence-electron chi connectivity index (χ4n) is 3.67.